The highest BCUT2D eigenvalue weighted by molar-refractivity contribution is 5.78. The van der Waals surface area contributed by atoms with Crippen LogP contribution in [0.3, 0.4) is 0 Å². The van der Waals surface area contributed by atoms with Crippen molar-refractivity contribution in [3.8, 4) is 0 Å². The van der Waals surface area contributed by atoms with Crippen LogP contribution in [0.4, 0.5) is 0 Å². The van der Waals surface area contributed by atoms with Crippen LogP contribution in [0.15, 0.2) is 0 Å². The molecule has 0 rings (SSSR count). The zero-order valence-corrected chi connectivity index (χ0v) is 9.15. The fourth-order valence-electron chi connectivity index (χ4n) is 0.982. The van der Waals surface area contributed by atoms with Gasteiger partial charge in [-0.3, -0.25) is 9.59 Å². The fraction of sp³-hybridized carbons (Fsp3) is 0.778. The molecule has 0 aliphatic heterocycles. The Kier molecular flexibility index (Phi) is 5.15. The standard InChI is InChI=1S/C9H18N2O3/c1-7(9(13)14)5-11(4)8(12)6-10(2)3/h7H,5-6H2,1-4H3,(H,13,14). The molecule has 0 saturated carbocycles. The Morgan fingerprint density at radius 1 is 1.29 bits per heavy atom. The van der Waals surface area contributed by atoms with E-state index in [9.17, 15) is 9.59 Å². The molecule has 1 unspecified atom stereocenters. The minimum Gasteiger partial charge on any atom is -0.481 e. The van der Waals surface area contributed by atoms with Gasteiger partial charge < -0.3 is 14.9 Å². The van der Waals surface area contributed by atoms with Crippen LogP contribution in [0.1, 0.15) is 6.92 Å². The number of carboxylic acids is 1. The number of likely N-dealkylation sites (N-methyl/N-ethyl adjacent to an activating group) is 2. The van der Waals surface area contributed by atoms with Crippen LogP contribution < -0.4 is 0 Å². The minimum absolute atomic E-state index is 0.0666. The lowest BCUT2D eigenvalue weighted by Crippen LogP contribution is -2.38. The summed E-state index contributed by atoms with van der Waals surface area (Å²) in [4.78, 5) is 25.1. The Morgan fingerprint density at radius 2 is 1.79 bits per heavy atom. The van der Waals surface area contributed by atoms with Gasteiger partial charge in [0.2, 0.25) is 5.91 Å². The van der Waals surface area contributed by atoms with Crippen LogP contribution in [-0.2, 0) is 9.59 Å². The summed E-state index contributed by atoms with van der Waals surface area (Å²) in [6.07, 6.45) is 0. The summed E-state index contributed by atoms with van der Waals surface area (Å²) in [5.41, 5.74) is 0. The molecule has 82 valence electrons. The first-order chi connectivity index (χ1) is 6.34. The van der Waals surface area contributed by atoms with E-state index in [1.807, 2.05) is 0 Å². The van der Waals surface area contributed by atoms with E-state index in [0.717, 1.165) is 0 Å². The topological polar surface area (TPSA) is 60.9 Å². The Hall–Kier alpha value is -1.10. The number of aliphatic carboxylic acids is 1. The Balaban J connectivity index is 4.01. The maximum absolute atomic E-state index is 11.4. The van der Waals surface area contributed by atoms with Gasteiger partial charge in [0.1, 0.15) is 0 Å². The number of hydrogen-bond acceptors (Lipinski definition) is 3. The molecule has 14 heavy (non-hydrogen) atoms. The molecule has 1 atom stereocenters. The van der Waals surface area contributed by atoms with Crippen molar-refractivity contribution in [3.05, 3.63) is 0 Å². The summed E-state index contributed by atoms with van der Waals surface area (Å²) in [6, 6.07) is 0. The van der Waals surface area contributed by atoms with Gasteiger partial charge in [-0.1, -0.05) is 6.92 Å². The van der Waals surface area contributed by atoms with E-state index < -0.39 is 11.9 Å². The molecule has 0 radical (unpaired) electrons. The molecule has 0 aromatic carbocycles. The zero-order valence-electron chi connectivity index (χ0n) is 9.15. The fourth-order valence-corrected chi connectivity index (χ4v) is 0.982. The number of amides is 1. The highest BCUT2D eigenvalue weighted by atomic mass is 16.4. The SMILES string of the molecule is CC(CN(C)C(=O)CN(C)C)C(=O)O. The summed E-state index contributed by atoms with van der Waals surface area (Å²) in [5.74, 6) is -1.47. The van der Waals surface area contributed by atoms with E-state index in [1.165, 1.54) is 4.90 Å². The number of hydrogen-bond donors (Lipinski definition) is 1. The molecule has 0 bridgehead atoms. The first-order valence-electron chi connectivity index (χ1n) is 4.46. The van der Waals surface area contributed by atoms with Crippen molar-refractivity contribution in [2.24, 2.45) is 5.92 Å². The van der Waals surface area contributed by atoms with E-state index in [4.69, 9.17) is 5.11 Å². The van der Waals surface area contributed by atoms with Crippen molar-refractivity contribution in [3.63, 3.8) is 0 Å². The van der Waals surface area contributed by atoms with Crippen molar-refractivity contribution in [2.75, 3.05) is 34.2 Å². The lowest BCUT2D eigenvalue weighted by molar-refractivity contribution is -0.142. The van der Waals surface area contributed by atoms with Crippen molar-refractivity contribution >= 4 is 11.9 Å². The first kappa shape index (κ1) is 12.9. The predicted octanol–water partition coefficient (Wildman–Crippen LogP) is -0.273. The molecule has 0 saturated heterocycles. The molecule has 1 amide bonds. The summed E-state index contributed by atoms with van der Waals surface area (Å²) >= 11 is 0. The third-order valence-corrected chi connectivity index (χ3v) is 1.85. The van der Waals surface area contributed by atoms with E-state index in [1.54, 1.807) is 33.0 Å². The maximum Gasteiger partial charge on any atom is 0.308 e. The van der Waals surface area contributed by atoms with E-state index in [0.29, 0.717) is 6.54 Å². The van der Waals surface area contributed by atoms with Crippen molar-refractivity contribution in [1.82, 2.24) is 9.80 Å². The molecule has 0 aliphatic carbocycles. The number of carbonyl (C=O) groups is 2. The third-order valence-electron chi connectivity index (χ3n) is 1.85. The Bertz CT molecular complexity index is 216. The highest BCUT2D eigenvalue weighted by Gasteiger charge is 2.17. The number of nitrogens with zero attached hydrogens (tertiary/aromatic N) is 2. The second-order valence-corrected chi connectivity index (χ2v) is 3.75. The summed E-state index contributed by atoms with van der Waals surface area (Å²) in [7, 11) is 5.21. The lowest BCUT2D eigenvalue weighted by Gasteiger charge is -2.21. The second kappa shape index (κ2) is 5.59. The monoisotopic (exact) mass is 202 g/mol. The molecule has 0 aromatic heterocycles. The number of rotatable bonds is 5. The van der Waals surface area contributed by atoms with Crippen molar-refractivity contribution < 1.29 is 14.7 Å². The molecule has 5 heteroatoms. The third kappa shape index (κ3) is 4.81. The van der Waals surface area contributed by atoms with Gasteiger partial charge >= 0.3 is 5.97 Å². The zero-order chi connectivity index (χ0) is 11.3. The van der Waals surface area contributed by atoms with Crippen LogP contribution in [0.25, 0.3) is 0 Å². The molecule has 0 fully saturated rings. The smallest absolute Gasteiger partial charge is 0.308 e. The number of carbonyl (C=O) groups excluding carboxylic acids is 1. The van der Waals surface area contributed by atoms with Gasteiger partial charge in [-0.2, -0.15) is 0 Å². The normalized spacial score (nSPS) is 12.6. The van der Waals surface area contributed by atoms with Crippen LogP contribution >= 0.6 is 0 Å². The van der Waals surface area contributed by atoms with Crippen molar-refractivity contribution in [1.29, 1.82) is 0 Å². The minimum atomic E-state index is -0.880. The molecule has 0 spiro atoms. The average Bonchev–Trinajstić information content (AvgIpc) is 2.02. The molecular formula is C9H18N2O3. The molecular weight excluding hydrogens is 184 g/mol. The van der Waals surface area contributed by atoms with Gasteiger partial charge in [0, 0.05) is 13.6 Å². The van der Waals surface area contributed by atoms with Gasteiger partial charge in [0.05, 0.1) is 12.5 Å². The molecule has 5 nitrogen and oxygen atoms in total. The quantitative estimate of drug-likeness (QED) is 0.666. The molecule has 0 heterocycles. The number of carboxylic acid groups (broad SMARTS) is 1. The van der Waals surface area contributed by atoms with Gasteiger partial charge in [-0.15, -0.1) is 0 Å². The van der Waals surface area contributed by atoms with Crippen LogP contribution in [0, 0.1) is 5.92 Å². The van der Waals surface area contributed by atoms with E-state index in [-0.39, 0.29) is 12.5 Å². The Labute approximate surface area is 84.3 Å². The first-order valence-corrected chi connectivity index (χ1v) is 4.46. The van der Waals surface area contributed by atoms with Crippen LogP contribution in [0.2, 0.25) is 0 Å². The largest absolute Gasteiger partial charge is 0.481 e. The van der Waals surface area contributed by atoms with Crippen LogP contribution in [0.5, 0.6) is 0 Å². The van der Waals surface area contributed by atoms with E-state index >= 15 is 0 Å². The van der Waals surface area contributed by atoms with Crippen molar-refractivity contribution in [2.45, 2.75) is 6.92 Å². The lowest BCUT2D eigenvalue weighted by atomic mass is 10.2. The summed E-state index contributed by atoms with van der Waals surface area (Å²) in [5, 5.41) is 8.65. The van der Waals surface area contributed by atoms with Crippen LogP contribution in [-0.4, -0.2) is 61.0 Å². The van der Waals surface area contributed by atoms with Gasteiger partial charge in [-0.25, -0.2) is 0 Å². The second-order valence-electron chi connectivity index (χ2n) is 3.75. The van der Waals surface area contributed by atoms with Gasteiger partial charge in [0.25, 0.3) is 0 Å². The van der Waals surface area contributed by atoms with E-state index in [2.05, 4.69) is 0 Å². The summed E-state index contributed by atoms with van der Waals surface area (Å²) in [6.45, 7) is 2.15. The summed E-state index contributed by atoms with van der Waals surface area (Å²) < 4.78 is 0. The molecule has 1 N–H and O–H groups in total. The molecule has 0 aromatic rings. The van der Waals surface area contributed by atoms with Gasteiger partial charge in [0.15, 0.2) is 0 Å². The predicted molar refractivity (Wildman–Crippen MR) is 53.0 cm³/mol. The molecule has 0 aliphatic rings. The maximum atomic E-state index is 11.4. The average molecular weight is 202 g/mol. The van der Waals surface area contributed by atoms with Gasteiger partial charge in [-0.05, 0) is 14.1 Å². The highest BCUT2D eigenvalue weighted by Crippen LogP contribution is 1.98. The Morgan fingerprint density at radius 3 is 2.14 bits per heavy atom.